The van der Waals surface area contributed by atoms with E-state index in [0.29, 0.717) is 29.0 Å². The van der Waals surface area contributed by atoms with Gasteiger partial charge in [-0.3, -0.25) is 20.4 Å². The largest absolute Gasteiger partial charge is 0.331 e. The number of hydrogen-bond acceptors (Lipinski definition) is 5. The Hall–Kier alpha value is -2.82. The summed E-state index contributed by atoms with van der Waals surface area (Å²) >= 11 is 5.23. The van der Waals surface area contributed by atoms with E-state index in [9.17, 15) is 18.0 Å². The minimum atomic E-state index is -3.67. The van der Waals surface area contributed by atoms with Gasteiger partial charge in [0.2, 0.25) is 15.9 Å². The van der Waals surface area contributed by atoms with Gasteiger partial charge in [0, 0.05) is 30.3 Å². The number of sulfonamides is 1. The molecule has 0 atom stereocenters. The molecule has 1 fully saturated rings. The van der Waals surface area contributed by atoms with Crippen molar-refractivity contribution >= 4 is 44.7 Å². The topological polar surface area (TPSA) is 108 Å². The van der Waals surface area contributed by atoms with Crippen molar-refractivity contribution in [2.24, 2.45) is 5.92 Å². The molecule has 10 heteroatoms. The molecule has 3 rings (SSSR count). The monoisotopic (exact) mass is 530 g/mol. The van der Waals surface area contributed by atoms with E-state index in [2.05, 4.69) is 16.2 Å². The van der Waals surface area contributed by atoms with E-state index in [1.165, 1.54) is 11.2 Å². The number of hydrazine groups is 1. The second kappa shape index (κ2) is 11.1. The van der Waals surface area contributed by atoms with E-state index in [0.717, 1.165) is 27.8 Å². The third-order valence-electron chi connectivity index (χ3n) is 7.18. The fourth-order valence-corrected chi connectivity index (χ4v) is 6.74. The Morgan fingerprint density at radius 2 is 1.47 bits per heavy atom. The molecule has 36 heavy (non-hydrogen) atoms. The minimum absolute atomic E-state index is 0.0582. The summed E-state index contributed by atoms with van der Waals surface area (Å²) in [6, 6.07) is 6.89. The molecule has 0 saturated carbocycles. The van der Waals surface area contributed by atoms with Crippen LogP contribution in [-0.2, 0) is 14.8 Å². The summed E-state index contributed by atoms with van der Waals surface area (Å²) in [6.45, 7) is 11.7. The molecule has 0 radical (unpaired) electrons. The summed E-state index contributed by atoms with van der Waals surface area (Å²) in [6.07, 6.45) is 0.824. The number of nitrogens with zero attached hydrogens (tertiary/aromatic N) is 1. The highest BCUT2D eigenvalue weighted by molar-refractivity contribution is 7.89. The second-order valence-corrected chi connectivity index (χ2v) is 11.6. The molecule has 0 aromatic heterocycles. The molecule has 1 amide bonds. The zero-order valence-electron chi connectivity index (χ0n) is 21.6. The molecular formula is C26H34N4O4S2. The lowest BCUT2D eigenvalue weighted by Crippen LogP contribution is -2.49. The summed E-state index contributed by atoms with van der Waals surface area (Å²) in [7, 11) is -3.67. The zero-order valence-corrected chi connectivity index (χ0v) is 23.2. The van der Waals surface area contributed by atoms with E-state index >= 15 is 0 Å². The van der Waals surface area contributed by atoms with Gasteiger partial charge in [-0.05, 0) is 107 Å². The highest BCUT2D eigenvalue weighted by Crippen LogP contribution is 2.33. The van der Waals surface area contributed by atoms with Crippen LogP contribution in [0.3, 0.4) is 0 Å². The van der Waals surface area contributed by atoms with Crippen molar-refractivity contribution in [1.29, 1.82) is 0 Å². The van der Waals surface area contributed by atoms with Crippen LogP contribution in [-0.4, -0.2) is 42.6 Å². The first kappa shape index (κ1) is 27.8. The minimum Gasteiger partial charge on any atom is -0.331 e. The number of thiocarbonyl (C=S) groups is 1. The summed E-state index contributed by atoms with van der Waals surface area (Å²) in [5.41, 5.74) is 11.1. The normalized spacial score (nSPS) is 14.8. The second-order valence-electron chi connectivity index (χ2n) is 9.34. The molecule has 1 heterocycles. The SMILES string of the molecule is CC(=O)c1cccc(NC(=S)NNC(=O)C2CCN(S(=O)(=O)c3c(C)c(C)c(C)c(C)c3C)CC2)c1. The quantitative estimate of drug-likeness (QED) is 0.306. The smallest absolute Gasteiger partial charge is 0.243 e. The number of amides is 1. The molecule has 1 saturated heterocycles. The van der Waals surface area contributed by atoms with Crippen molar-refractivity contribution in [2.75, 3.05) is 18.4 Å². The van der Waals surface area contributed by atoms with Crippen LogP contribution in [0.25, 0.3) is 0 Å². The van der Waals surface area contributed by atoms with E-state index in [-0.39, 0.29) is 35.8 Å². The van der Waals surface area contributed by atoms with Crippen LogP contribution in [0.5, 0.6) is 0 Å². The molecule has 1 aliphatic rings. The van der Waals surface area contributed by atoms with E-state index in [4.69, 9.17) is 12.2 Å². The van der Waals surface area contributed by atoms with Gasteiger partial charge in [-0.15, -0.1) is 0 Å². The number of carbonyl (C=O) groups excluding carboxylic acids is 2. The van der Waals surface area contributed by atoms with Crippen molar-refractivity contribution in [3.05, 3.63) is 57.6 Å². The van der Waals surface area contributed by atoms with Crippen LogP contribution >= 0.6 is 12.2 Å². The number of carbonyl (C=O) groups is 2. The van der Waals surface area contributed by atoms with Gasteiger partial charge in [-0.25, -0.2) is 8.42 Å². The highest BCUT2D eigenvalue weighted by Gasteiger charge is 2.34. The van der Waals surface area contributed by atoms with Gasteiger partial charge in [-0.2, -0.15) is 4.31 Å². The zero-order chi connectivity index (χ0) is 26.8. The van der Waals surface area contributed by atoms with Gasteiger partial charge < -0.3 is 5.32 Å². The van der Waals surface area contributed by atoms with Gasteiger partial charge in [0.05, 0.1) is 4.90 Å². The maximum absolute atomic E-state index is 13.5. The fraction of sp³-hybridized carbons (Fsp3) is 0.423. The third kappa shape index (κ3) is 5.77. The molecular weight excluding hydrogens is 496 g/mol. The number of ketones is 1. The average molecular weight is 531 g/mol. The van der Waals surface area contributed by atoms with Crippen LogP contribution in [0, 0.1) is 40.5 Å². The van der Waals surface area contributed by atoms with E-state index < -0.39 is 10.0 Å². The Balaban J connectivity index is 1.58. The van der Waals surface area contributed by atoms with Crippen LogP contribution in [0.1, 0.15) is 57.9 Å². The maximum atomic E-state index is 13.5. The standard InChI is InChI=1S/C26H34N4O4S2/c1-15-16(2)18(4)24(19(5)17(15)3)36(33,34)30-12-10-21(11-13-30)25(32)28-29-26(35)27-23-9-7-8-22(14-23)20(6)31/h7-9,14,21H,10-13H2,1-6H3,(H,28,32)(H2,27,29,35). The number of benzene rings is 2. The number of nitrogens with one attached hydrogen (secondary N) is 3. The Morgan fingerprint density at radius 1 is 0.917 bits per heavy atom. The molecule has 1 aliphatic heterocycles. The van der Waals surface area contributed by atoms with Crippen LogP contribution < -0.4 is 16.2 Å². The van der Waals surface area contributed by atoms with Crippen LogP contribution in [0.2, 0.25) is 0 Å². The van der Waals surface area contributed by atoms with Crippen molar-refractivity contribution in [2.45, 2.75) is 59.3 Å². The number of anilines is 1. The maximum Gasteiger partial charge on any atom is 0.243 e. The molecule has 2 aromatic rings. The molecule has 0 spiro atoms. The van der Waals surface area contributed by atoms with Crippen LogP contribution in [0.4, 0.5) is 5.69 Å². The van der Waals surface area contributed by atoms with Gasteiger partial charge in [0.1, 0.15) is 0 Å². The van der Waals surface area contributed by atoms with Crippen molar-refractivity contribution in [3.63, 3.8) is 0 Å². The molecule has 3 N–H and O–H groups in total. The van der Waals surface area contributed by atoms with Gasteiger partial charge in [0.15, 0.2) is 10.9 Å². The molecule has 8 nitrogen and oxygen atoms in total. The average Bonchev–Trinajstić information content (AvgIpc) is 2.85. The number of piperidine rings is 1. The predicted octanol–water partition coefficient (Wildman–Crippen LogP) is 3.85. The fourth-order valence-electron chi connectivity index (χ4n) is 4.54. The first-order valence-corrected chi connectivity index (χ1v) is 13.7. The predicted molar refractivity (Wildman–Crippen MR) is 146 cm³/mol. The highest BCUT2D eigenvalue weighted by atomic mass is 32.2. The van der Waals surface area contributed by atoms with Gasteiger partial charge >= 0.3 is 0 Å². The number of Topliss-reactive ketones (excluding diaryl/α,β-unsaturated/α-hetero) is 1. The number of hydrogen-bond donors (Lipinski definition) is 3. The van der Waals surface area contributed by atoms with E-state index in [1.54, 1.807) is 24.3 Å². The summed E-state index contributed by atoms with van der Waals surface area (Å²) in [5, 5.41) is 3.11. The molecule has 194 valence electrons. The Bertz CT molecular complexity index is 1280. The van der Waals surface area contributed by atoms with E-state index in [1.807, 2.05) is 34.6 Å². The van der Waals surface area contributed by atoms with Crippen molar-refractivity contribution in [3.8, 4) is 0 Å². The number of rotatable bonds is 5. The molecule has 0 bridgehead atoms. The lowest BCUT2D eigenvalue weighted by molar-refractivity contribution is -0.126. The first-order valence-electron chi connectivity index (χ1n) is 11.9. The summed E-state index contributed by atoms with van der Waals surface area (Å²) in [5.74, 6) is -0.642. The molecule has 2 aromatic carbocycles. The van der Waals surface area contributed by atoms with Gasteiger partial charge in [0.25, 0.3) is 0 Å². The Kier molecular flexibility index (Phi) is 8.53. The Morgan fingerprint density at radius 3 is 2.03 bits per heavy atom. The van der Waals surface area contributed by atoms with Crippen molar-refractivity contribution < 1.29 is 18.0 Å². The first-order chi connectivity index (χ1) is 16.8. The lowest BCUT2D eigenvalue weighted by atomic mass is 9.95. The summed E-state index contributed by atoms with van der Waals surface area (Å²) in [4.78, 5) is 24.6. The van der Waals surface area contributed by atoms with Crippen LogP contribution in [0.15, 0.2) is 29.2 Å². The van der Waals surface area contributed by atoms with Gasteiger partial charge in [-0.1, -0.05) is 12.1 Å². The lowest BCUT2D eigenvalue weighted by Gasteiger charge is -2.32. The summed E-state index contributed by atoms with van der Waals surface area (Å²) < 4.78 is 28.6. The third-order valence-corrected chi connectivity index (χ3v) is 9.56. The Labute approximate surface area is 218 Å². The van der Waals surface area contributed by atoms with Crippen molar-refractivity contribution in [1.82, 2.24) is 15.2 Å². The molecule has 0 aliphatic carbocycles. The molecule has 0 unspecified atom stereocenters.